The minimum absolute atomic E-state index is 0.0997. The van der Waals surface area contributed by atoms with E-state index >= 15 is 0 Å². The fourth-order valence-corrected chi connectivity index (χ4v) is 1.72. The van der Waals surface area contributed by atoms with Crippen molar-refractivity contribution in [3.05, 3.63) is 58.1 Å². The highest BCUT2D eigenvalue weighted by Crippen LogP contribution is 2.29. The molecule has 7 heteroatoms. The van der Waals surface area contributed by atoms with Gasteiger partial charge in [-0.05, 0) is 36.4 Å². The molecule has 0 unspecified atom stereocenters. The van der Waals surface area contributed by atoms with Gasteiger partial charge in [0.25, 0.3) is 11.6 Å². The molecule has 21 heavy (non-hydrogen) atoms. The van der Waals surface area contributed by atoms with Gasteiger partial charge in [-0.25, -0.2) is 0 Å². The number of hydrogen-bond donors (Lipinski definition) is 2. The van der Waals surface area contributed by atoms with Crippen molar-refractivity contribution in [2.75, 3.05) is 18.2 Å². The lowest BCUT2D eigenvalue weighted by atomic mass is 10.2. The van der Waals surface area contributed by atoms with Gasteiger partial charge in [0.1, 0.15) is 11.4 Å². The predicted octanol–water partition coefficient (Wildman–Crippen LogP) is 2.44. The summed E-state index contributed by atoms with van der Waals surface area (Å²) in [6.45, 7) is 0. The van der Waals surface area contributed by atoms with Crippen molar-refractivity contribution in [3.8, 4) is 5.75 Å². The summed E-state index contributed by atoms with van der Waals surface area (Å²) in [5.41, 5.74) is 6.29. The summed E-state index contributed by atoms with van der Waals surface area (Å²) >= 11 is 0. The largest absolute Gasteiger partial charge is 0.496 e. The van der Waals surface area contributed by atoms with Crippen molar-refractivity contribution in [1.29, 1.82) is 0 Å². The van der Waals surface area contributed by atoms with Crippen molar-refractivity contribution < 1.29 is 14.5 Å². The van der Waals surface area contributed by atoms with Gasteiger partial charge in [0.2, 0.25) is 0 Å². The van der Waals surface area contributed by atoms with E-state index in [1.54, 1.807) is 24.3 Å². The van der Waals surface area contributed by atoms with Crippen LogP contribution >= 0.6 is 0 Å². The van der Waals surface area contributed by atoms with Crippen molar-refractivity contribution in [1.82, 2.24) is 0 Å². The van der Waals surface area contributed by atoms with Gasteiger partial charge >= 0.3 is 0 Å². The first-order valence-electron chi connectivity index (χ1n) is 6.00. The predicted molar refractivity (Wildman–Crippen MR) is 78.5 cm³/mol. The molecule has 0 heterocycles. The van der Waals surface area contributed by atoms with Crippen LogP contribution in [0.15, 0.2) is 42.5 Å². The Balaban J connectivity index is 2.28. The van der Waals surface area contributed by atoms with Gasteiger partial charge < -0.3 is 15.8 Å². The Labute approximate surface area is 120 Å². The third-order valence-corrected chi connectivity index (χ3v) is 2.82. The third kappa shape index (κ3) is 3.27. The zero-order valence-corrected chi connectivity index (χ0v) is 11.2. The lowest BCUT2D eigenvalue weighted by Gasteiger charge is -2.07. The molecule has 0 atom stereocenters. The van der Waals surface area contributed by atoms with Gasteiger partial charge in [0, 0.05) is 11.3 Å². The second-order valence-electron chi connectivity index (χ2n) is 4.22. The number of nitrogens with two attached hydrogens (primary N) is 1. The molecular formula is C14H13N3O4. The summed E-state index contributed by atoms with van der Waals surface area (Å²) in [5.74, 6) is -0.115. The molecule has 0 saturated heterocycles. The lowest BCUT2D eigenvalue weighted by molar-refractivity contribution is -0.384. The van der Waals surface area contributed by atoms with Gasteiger partial charge in [0.15, 0.2) is 0 Å². The molecule has 0 aromatic heterocycles. The van der Waals surface area contributed by atoms with E-state index in [4.69, 9.17) is 10.5 Å². The van der Waals surface area contributed by atoms with Gasteiger partial charge in [-0.3, -0.25) is 14.9 Å². The van der Waals surface area contributed by atoms with Crippen LogP contribution in [0.4, 0.5) is 17.1 Å². The average molecular weight is 287 g/mol. The first-order valence-corrected chi connectivity index (χ1v) is 6.00. The van der Waals surface area contributed by atoms with E-state index in [2.05, 4.69) is 5.32 Å². The molecule has 2 aromatic carbocycles. The number of amides is 1. The molecule has 2 aromatic rings. The number of nitro groups is 1. The summed E-state index contributed by atoms with van der Waals surface area (Å²) in [7, 11) is 1.41. The zero-order chi connectivity index (χ0) is 15.4. The smallest absolute Gasteiger partial charge is 0.296 e. The van der Waals surface area contributed by atoms with Crippen molar-refractivity contribution in [2.45, 2.75) is 0 Å². The van der Waals surface area contributed by atoms with E-state index in [0.717, 1.165) is 0 Å². The van der Waals surface area contributed by atoms with Gasteiger partial charge in [-0.1, -0.05) is 0 Å². The maximum absolute atomic E-state index is 12.0. The highest BCUT2D eigenvalue weighted by Gasteiger charge is 2.17. The molecule has 0 saturated carbocycles. The fourth-order valence-electron chi connectivity index (χ4n) is 1.72. The molecule has 7 nitrogen and oxygen atoms in total. The standard InChI is InChI=1S/C14H13N3O4/c1-21-11-6-7-12(13(8-11)17(19)20)16-14(18)9-2-4-10(15)5-3-9/h2-8H,15H2,1H3,(H,16,18). The maximum atomic E-state index is 12.0. The summed E-state index contributed by atoms with van der Waals surface area (Å²) < 4.78 is 4.93. The first-order chi connectivity index (χ1) is 10.0. The number of methoxy groups -OCH3 is 1. The number of carbonyl (C=O) groups is 1. The Morgan fingerprint density at radius 2 is 1.90 bits per heavy atom. The van der Waals surface area contributed by atoms with E-state index in [0.29, 0.717) is 17.0 Å². The SMILES string of the molecule is COc1ccc(NC(=O)c2ccc(N)cc2)c([N+](=O)[O-])c1. The van der Waals surface area contributed by atoms with Crippen molar-refractivity contribution >= 4 is 23.0 Å². The molecule has 1 amide bonds. The number of hydrogen-bond acceptors (Lipinski definition) is 5. The molecule has 3 N–H and O–H groups in total. The van der Waals surface area contributed by atoms with Crippen LogP contribution in [0.25, 0.3) is 0 Å². The number of anilines is 2. The van der Waals surface area contributed by atoms with E-state index in [9.17, 15) is 14.9 Å². The number of rotatable bonds is 4. The third-order valence-electron chi connectivity index (χ3n) is 2.82. The van der Waals surface area contributed by atoms with E-state index in [-0.39, 0.29) is 11.4 Å². The quantitative estimate of drug-likeness (QED) is 0.510. The second kappa shape index (κ2) is 5.91. The van der Waals surface area contributed by atoms with Crippen LogP contribution in [0.2, 0.25) is 0 Å². The molecule has 0 aliphatic heterocycles. The Bertz CT molecular complexity index is 683. The van der Waals surface area contributed by atoms with Crippen LogP contribution in [0.3, 0.4) is 0 Å². The number of carbonyl (C=O) groups excluding carboxylic acids is 1. The molecule has 0 bridgehead atoms. The molecule has 0 spiro atoms. The van der Waals surface area contributed by atoms with Crippen molar-refractivity contribution in [3.63, 3.8) is 0 Å². The van der Waals surface area contributed by atoms with E-state index in [1.165, 1.54) is 25.3 Å². The van der Waals surface area contributed by atoms with Crippen molar-refractivity contribution in [2.24, 2.45) is 0 Å². The normalized spacial score (nSPS) is 9.95. The van der Waals surface area contributed by atoms with Gasteiger partial charge in [-0.2, -0.15) is 0 Å². The number of nitro benzene ring substituents is 1. The summed E-state index contributed by atoms with van der Waals surface area (Å²) in [6.07, 6.45) is 0. The molecule has 108 valence electrons. The van der Waals surface area contributed by atoms with Crippen LogP contribution in [-0.4, -0.2) is 17.9 Å². The number of benzene rings is 2. The van der Waals surface area contributed by atoms with Crippen LogP contribution < -0.4 is 15.8 Å². The minimum Gasteiger partial charge on any atom is -0.496 e. The highest BCUT2D eigenvalue weighted by molar-refractivity contribution is 6.05. The Morgan fingerprint density at radius 1 is 1.24 bits per heavy atom. The van der Waals surface area contributed by atoms with E-state index in [1.807, 2.05) is 0 Å². The molecule has 0 radical (unpaired) electrons. The summed E-state index contributed by atoms with van der Waals surface area (Å²) in [4.78, 5) is 22.5. The molecule has 0 aliphatic carbocycles. The fraction of sp³-hybridized carbons (Fsp3) is 0.0714. The van der Waals surface area contributed by atoms with Crippen LogP contribution in [0.5, 0.6) is 5.75 Å². The lowest BCUT2D eigenvalue weighted by Crippen LogP contribution is -2.13. The van der Waals surface area contributed by atoms with Crippen LogP contribution in [0, 0.1) is 10.1 Å². The Kier molecular flexibility index (Phi) is 4.03. The number of nitrogens with zero attached hydrogens (tertiary/aromatic N) is 1. The zero-order valence-electron chi connectivity index (χ0n) is 11.2. The Morgan fingerprint density at radius 3 is 2.48 bits per heavy atom. The van der Waals surface area contributed by atoms with Gasteiger partial charge in [0.05, 0.1) is 18.1 Å². The average Bonchev–Trinajstić information content (AvgIpc) is 2.48. The monoisotopic (exact) mass is 287 g/mol. The van der Waals surface area contributed by atoms with Gasteiger partial charge in [-0.15, -0.1) is 0 Å². The topological polar surface area (TPSA) is 107 Å². The second-order valence-corrected chi connectivity index (χ2v) is 4.22. The van der Waals surface area contributed by atoms with E-state index < -0.39 is 10.8 Å². The highest BCUT2D eigenvalue weighted by atomic mass is 16.6. The molecule has 0 aliphatic rings. The maximum Gasteiger partial charge on any atom is 0.296 e. The number of ether oxygens (including phenoxy) is 1. The molecular weight excluding hydrogens is 274 g/mol. The van der Waals surface area contributed by atoms with Crippen LogP contribution in [0.1, 0.15) is 10.4 Å². The first kappa shape index (κ1) is 14.3. The van der Waals surface area contributed by atoms with Crippen LogP contribution in [-0.2, 0) is 0 Å². The summed E-state index contributed by atoms with van der Waals surface area (Å²) in [6, 6.07) is 10.4. The number of nitrogen functional groups attached to an aromatic ring is 1. The molecule has 0 fully saturated rings. The minimum atomic E-state index is -0.582. The Hall–Kier alpha value is -3.09. The summed E-state index contributed by atoms with van der Waals surface area (Å²) in [5, 5.41) is 13.5. The number of nitrogens with one attached hydrogen (secondary N) is 1. The molecule has 2 rings (SSSR count).